The zero-order valence-electron chi connectivity index (χ0n) is 13.2. The molecule has 1 aromatic carbocycles. The van der Waals surface area contributed by atoms with Gasteiger partial charge in [-0.15, -0.1) is 0 Å². The van der Waals surface area contributed by atoms with Crippen molar-refractivity contribution >= 4 is 28.9 Å². The lowest BCUT2D eigenvalue weighted by atomic mass is 10.1. The fourth-order valence-corrected chi connectivity index (χ4v) is 1.93. The molecule has 1 N–H and O–H groups in total. The van der Waals surface area contributed by atoms with Crippen molar-refractivity contribution in [1.29, 1.82) is 0 Å². The predicted molar refractivity (Wildman–Crippen MR) is 87.0 cm³/mol. The zero-order chi connectivity index (χ0) is 16.9. The summed E-state index contributed by atoms with van der Waals surface area (Å²) in [5.41, 5.74) is 0.134. The van der Waals surface area contributed by atoms with E-state index in [4.69, 9.17) is 17.0 Å². The molecule has 1 aromatic rings. The third kappa shape index (κ3) is 5.33. The van der Waals surface area contributed by atoms with E-state index in [1.807, 2.05) is 13.8 Å². The van der Waals surface area contributed by atoms with Gasteiger partial charge >= 0.3 is 0 Å². The average Bonchev–Trinajstić information content (AvgIpc) is 2.43. The number of hydrogen-bond donors (Lipinski definition) is 1. The molecule has 6 heteroatoms. The number of nitrogens with one attached hydrogen (secondary N) is 1. The van der Waals surface area contributed by atoms with Crippen LogP contribution in [0.2, 0.25) is 0 Å². The van der Waals surface area contributed by atoms with E-state index in [1.165, 1.54) is 6.07 Å². The van der Waals surface area contributed by atoms with E-state index in [0.29, 0.717) is 0 Å². The number of carbonyl (C=O) groups is 1. The Morgan fingerprint density at radius 3 is 2.45 bits per heavy atom. The Kier molecular flexibility index (Phi) is 6.87. The van der Waals surface area contributed by atoms with Crippen LogP contribution in [0.25, 0.3) is 0 Å². The van der Waals surface area contributed by atoms with E-state index in [-0.39, 0.29) is 40.7 Å². The number of ether oxygens (including phenoxy) is 1. The van der Waals surface area contributed by atoms with Gasteiger partial charge in [-0.25, -0.2) is 8.78 Å². The fraction of sp³-hybridized carbons (Fsp3) is 0.500. The second kappa shape index (κ2) is 8.17. The van der Waals surface area contributed by atoms with Crippen molar-refractivity contribution in [2.75, 3.05) is 5.32 Å². The monoisotopic (exact) mass is 329 g/mol. The Morgan fingerprint density at radius 1 is 1.27 bits per heavy atom. The highest BCUT2D eigenvalue weighted by molar-refractivity contribution is 7.80. The molecule has 1 amide bonds. The quantitative estimate of drug-likeness (QED) is 0.793. The molecule has 0 aliphatic carbocycles. The van der Waals surface area contributed by atoms with Crippen molar-refractivity contribution in [3.05, 3.63) is 29.3 Å². The van der Waals surface area contributed by atoms with Crippen LogP contribution in [0, 0.1) is 17.6 Å². The van der Waals surface area contributed by atoms with Crippen LogP contribution in [0.5, 0.6) is 0 Å². The van der Waals surface area contributed by atoms with Crippen LogP contribution in [0.3, 0.4) is 0 Å². The Morgan fingerprint density at radius 2 is 1.91 bits per heavy atom. The van der Waals surface area contributed by atoms with E-state index in [9.17, 15) is 13.6 Å². The summed E-state index contributed by atoms with van der Waals surface area (Å²) >= 11 is 5.07. The highest BCUT2D eigenvalue weighted by Gasteiger charge is 2.16. The topological polar surface area (TPSA) is 38.3 Å². The van der Waals surface area contributed by atoms with Crippen LogP contribution >= 0.6 is 12.2 Å². The normalized spacial score (nSPS) is 12.1. The molecule has 22 heavy (non-hydrogen) atoms. The molecule has 0 saturated carbocycles. The predicted octanol–water partition coefficient (Wildman–Crippen LogP) is 4.24. The number of anilines is 1. The van der Waals surface area contributed by atoms with Crippen molar-refractivity contribution in [1.82, 2.24) is 0 Å². The lowest BCUT2D eigenvalue weighted by Crippen LogP contribution is -2.19. The van der Waals surface area contributed by atoms with Gasteiger partial charge in [0, 0.05) is 18.4 Å². The highest BCUT2D eigenvalue weighted by Crippen LogP contribution is 2.21. The average molecular weight is 329 g/mol. The van der Waals surface area contributed by atoms with Gasteiger partial charge in [0.1, 0.15) is 11.6 Å². The maximum atomic E-state index is 13.8. The first-order valence-electron chi connectivity index (χ1n) is 7.22. The molecule has 0 fully saturated rings. The van der Waals surface area contributed by atoms with Crippen LogP contribution < -0.4 is 5.32 Å². The third-order valence-corrected chi connectivity index (χ3v) is 3.40. The minimum atomic E-state index is -0.816. The summed E-state index contributed by atoms with van der Waals surface area (Å²) in [7, 11) is 0. The minimum Gasteiger partial charge on any atom is -0.484 e. The van der Waals surface area contributed by atoms with E-state index >= 15 is 0 Å². The summed E-state index contributed by atoms with van der Waals surface area (Å²) in [5, 5.41) is 2.67. The number of rotatable bonds is 6. The first kappa shape index (κ1) is 18.5. The van der Waals surface area contributed by atoms with Crippen LogP contribution in [0.4, 0.5) is 14.5 Å². The second-order valence-electron chi connectivity index (χ2n) is 5.45. The van der Waals surface area contributed by atoms with Crippen molar-refractivity contribution in [2.24, 2.45) is 5.92 Å². The summed E-state index contributed by atoms with van der Waals surface area (Å²) in [6, 6.07) is 2.01. The van der Waals surface area contributed by atoms with E-state index in [0.717, 1.165) is 12.5 Å². The fourth-order valence-electron chi connectivity index (χ4n) is 1.61. The molecule has 0 bridgehead atoms. The molecule has 0 saturated heterocycles. The van der Waals surface area contributed by atoms with Crippen LogP contribution in [-0.4, -0.2) is 17.1 Å². The summed E-state index contributed by atoms with van der Waals surface area (Å²) < 4.78 is 33.0. The number of thiocarbonyl (C=S) groups is 1. The lowest BCUT2D eigenvalue weighted by Gasteiger charge is -2.15. The SMILES string of the molecule is CCC(C)OC(=S)Cc1cc(NC(=O)C(C)C)c(F)cc1F. The Labute approximate surface area is 135 Å². The van der Waals surface area contributed by atoms with Gasteiger partial charge in [-0.3, -0.25) is 4.79 Å². The second-order valence-corrected chi connectivity index (χ2v) is 5.91. The molecule has 1 rings (SSSR count). The van der Waals surface area contributed by atoms with Crippen molar-refractivity contribution < 1.29 is 18.3 Å². The van der Waals surface area contributed by atoms with Crippen LogP contribution in [-0.2, 0) is 16.0 Å². The molecule has 0 spiro atoms. The first-order valence-corrected chi connectivity index (χ1v) is 7.63. The summed E-state index contributed by atoms with van der Waals surface area (Å²) in [4.78, 5) is 11.6. The van der Waals surface area contributed by atoms with Crippen molar-refractivity contribution in [3.63, 3.8) is 0 Å². The molecule has 0 aliphatic rings. The highest BCUT2D eigenvalue weighted by atomic mass is 32.1. The van der Waals surface area contributed by atoms with Gasteiger partial charge < -0.3 is 10.1 Å². The van der Waals surface area contributed by atoms with Gasteiger partial charge in [0.05, 0.1) is 11.8 Å². The van der Waals surface area contributed by atoms with E-state index in [1.54, 1.807) is 13.8 Å². The van der Waals surface area contributed by atoms with Gasteiger partial charge in [-0.1, -0.05) is 20.8 Å². The molecule has 0 aromatic heterocycles. The standard InChI is InChI=1S/C16H21F2NO2S/c1-5-10(4)21-15(22)7-11-6-14(13(18)8-12(11)17)19-16(20)9(2)3/h6,8-10H,5,7H2,1-4H3,(H,19,20). The summed E-state index contributed by atoms with van der Waals surface area (Å²) in [6.07, 6.45) is 0.772. The Hall–Kier alpha value is -1.56. The van der Waals surface area contributed by atoms with Crippen LogP contribution in [0.15, 0.2) is 12.1 Å². The Bertz CT molecular complexity index is 561. The number of carbonyl (C=O) groups excluding carboxylic acids is 1. The molecular weight excluding hydrogens is 308 g/mol. The zero-order valence-corrected chi connectivity index (χ0v) is 14.0. The molecule has 0 radical (unpaired) electrons. The number of halogens is 2. The number of hydrogen-bond acceptors (Lipinski definition) is 3. The third-order valence-electron chi connectivity index (χ3n) is 3.16. The molecule has 122 valence electrons. The largest absolute Gasteiger partial charge is 0.484 e. The van der Waals surface area contributed by atoms with Crippen molar-refractivity contribution in [3.8, 4) is 0 Å². The summed E-state index contributed by atoms with van der Waals surface area (Å²) in [5.74, 6) is -2.17. The van der Waals surface area contributed by atoms with Gasteiger partial charge in [0.2, 0.25) is 5.91 Å². The van der Waals surface area contributed by atoms with E-state index < -0.39 is 11.6 Å². The van der Waals surface area contributed by atoms with Gasteiger partial charge in [-0.05, 0) is 37.2 Å². The smallest absolute Gasteiger partial charge is 0.227 e. The van der Waals surface area contributed by atoms with Gasteiger partial charge in [0.25, 0.3) is 0 Å². The molecule has 0 aliphatic heterocycles. The Balaban J connectivity index is 2.91. The maximum Gasteiger partial charge on any atom is 0.227 e. The number of benzene rings is 1. The van der Waals surface area contributed by atoms with Gasteiger partial charge in [0.15, 0.2) is 5.05 Å². The molecule has 3 nitrogen and oxygen atoms in total. The molecule has 1 unspecified atom stereocenters. The molecule has 0 heterocycles. The van der Waals surface area contributed by atoms with E-state index in [2.05, 4.69) is 5.32 Å². The lowest BCUT2D eigenvalue weighted by molar-refractivity contribution is -0.118. The summed E-state index contributed by atoms with van der Waals surface area (Å²) in [6.45, 7) is 7.19. The van der Waals surface area contributed by atoms with Crippen LogP contribution in [0.1, 0.15) is 39.7 Å². The molecular formula is C16H21F2NO2S. The number of amides is 1. The van der Waals surface area contributed by atoms with Crippen molar-refractivity contribution in [2.45, 2.75) is 46.6 Å². The minimum absolute atomic E-state index is 0.0519. The first-order chi connectivity index (χ1) is 10.2. The maximum absolute atomic E-state index is 13.8. The molecule has 1 atom stereocenters. The van der Waals surface area contributed by atoms with Gasteiger partial charge in [-0.2, -0.15) is 0 Å².